The van der Waals surface area contributed by atoms with E-state index in [1.807, 2.05) is 0 Å². The highest BCUT2D eigenvalue weighted by molar-refractivity contribution is 7.99. The number of carboxylic acids is 1. The van der Waals surface area contributed by atoms with Crippen molar-refractivity contribution in [3.05, 3.63) is 60.3 Å². The topological polar surface area (TPSA) is 71.9 Å². The number of carboxylic acid groups (broad SMARTS) is 1. The molecule has 1 fully saturated rings. The summed E-state index contributed by atoms with van der Waals surface area (Å²) in [4.78, 5) is 18.9. The van der Waals surface area contributed by atoms with Crippen LogP contribution in [0.3, 0.4) is 0 Å². The van der Waals surface area contributed by atoms with Gasteiger partial charge in [0.2, 0.25) is 0 Å². The number of methoxy groups -OCH3 is 1. The number of rotatable bonds is 13. The highest BCUT2D eigenvalue weighted by atomic mass is 32.2. The molecule has 41 heavy (non-hydrogen) atoms. The van der Waals surface area contributed by atoms with Crippen LogP contribution in [0.5, 0.6) is 11.5 Å². The van der Waals surface area contributed by atoms with Crippen molar-refractivity contribution < 1.29 is 36.9 Å². The average Bonchev–Trinajstić information content (AvgIpc) is 2.93. The maximum Gasteiger partial charge on any atom is 0.573 e. The van der Waals surface area contributed by atoms with Crippen molar-refractivity contribution in [3.63, 3.8) is 0 Å². The van der Waals surface area contributed by atoms with Gasteiger partial charge in [-0.3, -0.25) is 9.78 Å². The molecule has 3 atom stereocenters. The van der Waals surface area contributed by atoms with E-state index in [4.69, 9.17) is 4.74 Å². The molecule has 1 N–H and O–H groups in total. The molecule has 11 heteroatoms. The fourth-order valence-electron chi connectivity index (χ4n) is 5.50. The van der Waals surface area contributed by atoms with Gasteiger partial charge < -0.3 is 19.5 Å². The molecule has 1 aromatic heterocycles. The Kier molecular flexibility index (Phi) is 10.7. The van der Waals surface area contributed by atoms with Crippen LogP contribution in [0.15, 0.2) is 59.6 Å². The summed E-state index contributed by atoms with van der Waals surface area (Å²) in [6.07, 6.45) is -1.81. The maximum absolute atomic E-state index is 15.5. The number of fused-ring (bicyclic) bond motifs is 1. The second kappa shape index (κ2) is 14.2. The molecule has 1 aliphatic heterocycles. The predicted octanol–water partition coefficient (Wildman–Crippen LogP) is 7.53. The van der Waals surface area contributed by atoms with Crippen molar-refractivity contribution >= 4 is 28.6 Å². The number of benzene rings is 2. The van der Waals surface area contributed by atoms with E-state index in [0.717, 1.165) is 25.9 Å². The van der Waals surface area contributed by atoms with E-state index in [9.17, 15) is 23.1 Å². The smallest absolute Gasteiger partial charge is 0.497 e. The van der Waals surface area contributed by atoms with Gasteiger partial charge in [0.1, 0.15) is 17.7 Å². The van der Waals surface area contributed by atoms with E-state index < -0.39 is 18.5 Å². The molecule has 2 heterocycles. The number of aliphatic carboxylic acids is 1. The number of hydrogen-bond acceptors (Lipinski definition) is 6. The zero-order valence-electron chi connectivity index (χ0n) is 22.8. The zero-order valence-corrected chi connectivity index (χ0v) is 23.6. The van der Waals surface area contributed by atoms with Crippen LogP contribution in [0.1, 0.15) is 43.8 Å². The summed E-state index contributed by atoms with van der Waals surface area (Å²) in [5.74, 6) is 0.263. The summed E-state index contributed by atoms with van der Waals surface area (Å²) >= 11 is 1.45. The monoisotopic (exact) mass is 594 g/mol. The third-order valence-corrected chi connectivity index (χ3v) is 8.53. The Bertz CT molecular complexity index is 1310. The highest BCUT2D eigenvalue weighted by Gasteiger charge is 2.32. The minimum absolute atomic E-state index is 0.0360. The number of hydrogen-bond donors (Lipinski definition) is 1. The van der Waals surface area contributed by atoms with E-state index in [-0.39, 0.29) is 24.0 Å². The number of carbonyl (C=O) groups is 1. The molecular weight excluding hydrogens is 560 g/mol. The first-order chi connectivity index (χ1) is 19.6. The lowest BCUT2D eigenvalue weighted by atomic mass is 9.79. The minimum atomic E-state index is -4.73. The van der Waals surface area contributed by atoms with Crippen LogP contribution in [-0.2, 0) is 4.79 Å². The van der Waals surface area contributed by atoms with E-state index in [1.165, 1.54) is 30.0 Å². The largest absolute Gasteiger partial charge is 0.573 e. The molecule has 0 bridgehead atoms. The summed E-state index contributed by atoms with van der Waals surface area (Å²) in [6, 6.07) is 13.0. The van der Waals surface area contributed by atoms with Gasteiger partial charge in [-0.05, 0) is 104 Å². The predicted molar refractivity (Wildman–Crippen MR) is 150 cm³/mol. The Morgan fingerprint density at radius 3 is 2.76 bits per heavy atom. The maximum atomic E-state index is 15.5. The molecule has 0 saturated carbocycles. The van der Waals surface area contributed by atoms with Crippen molar-refractivity contribution in [2.75, 3.05) is 32.5 Å². The third-order valence-electron chi connectivity index (χ3n) is 7.45. The van der Waals surface area contributed by atoms with Crippen molar-refractivity contribution in [3.8, 4) is 11.5 Å². The van der Waals surface area contributed by atoms with Gasteiger partial charge in [0, 0.05) is 29.4 Å². The fraction of sp³-hybridized carbons (Fsp3) is 0.467. The van der Waals surface area contributed by atoms with Gasteiger partial charge >= 0.3 is 12.3 Å². The number of ether oxygens (including phenoxy) is 2. The van der Waals surface area contributed by atoms with Gasteiger partial charge in [-0.1, -0.05) is 6.07 Å². The number of thioether (sulfide) groups is 1. The molecule has 4 rings (SSSR count). The lowest BCUT2D eigenvalue weighted by Gasteiger charge is -2.38. The molecular formula is C30H34F4N2O4S. The van der Waals surface area contributed by atoms with Crippen molar-refractivity contribution in [2.24, 2.45) is 11.8 Å². The molecule has 0 spiro atoms. The quantitative estimate of drug-likeness (QED) is 0.125. The summed E-state index contributed by atoms with van der Waals surface area (Å²) < 4.78 is 62.2. The van der Waals surface area contributed by atoms with Gasteiger partial charge in [-0.15, -0.1) is 24.9 Å². The van der Waals surface area contributed by atoms with E-state index in [1.54, 1.807) is 43.6 Å². The lowest BCUT2D eigenvalue weighted by molar-refractivity contribution is -0.274. The standard InChI is InChI=1S/C30H34F4N2O4S/c1-39-22-7-9-28-26(18-22)25(10-12-35-28)27(31)8-6-20-11-14-36(19-21(20)16-29(37)38)13-3-15-41-24-5-2-4-23(17-24)40-30(32,33)34/h2,4-5,7,9-10,12,17-18,20-21,27H,3,6,8,11,13-16,19H2,1H3,(H,37,38)/t20-,21+,27?/m1/s1. The summed E-state index contributed by atoms with van der Waals surface area (Å²) in [6.45, 7) is 2.18. The Labute approximate surface area is 241 Å². The molecule has 0 amide bonds. The van der Waals surface area contributed by atoms with Crippen LogP contribution in [0, 0.1) is 11.8 Å². The second-order valence-corrected chi connectivity index (χ2v) is 11.4. The first kappa shape index (κ1) is 30.9. The van der Waals surface area contributed by atoms with Gasteiger partial charge in [0.25, 0.3) is 0 Å². The van der Waals surface area contributed by atoms with E-state index >= 15 is 4.39 Å². The number of halogens is 4. The first-order valence-corrected chi connectivity index (χ1v) is 14.6. The van der Waals surface area contributed by atoms with Gasteiger partial charge in [-0.25, -0.2) is 4.39 Å². The van der Waals surface area contributed by atoms with Crippen molar-refractivity contribution in [2.45, 2.75) is 49.5 Å². The van der Waals surface area contributed by atoms with Crippen LogP contribution in [0.2, 0.25) is 0 Å². The SMILES string of the molecule is COc1ccc2nccc(C(F)CC[C@@H]3CCN(CCCSc4cccc(OC(F)(F)F)c4)C[C@@H]3CC(=O)O)c2c1. The van der Waals surface area contributed by atoms with Crippen LogP contribution in [-0.4, -0.2) is 59.8 Å². The first-order valence-electron chi connectivity index (χ1n) is 13.6. The van der Waals surface area contributed by atoms with Gasteiger partial charge in [-0.2, -0.15) is 0 Å². The number of nitrogens with zero attached hydrogens (tertiary/aromatic N) is 2. The van der Waals surface area contributed by atoms with Crippen molar-refractivity contribution in [1.82, 2.24) is 9.88 Å². The normalized spacial score (nSPS) is 18.8. The van der Waals surface area contributed by atoms with Gasteiger partial charge in [0.15, 0.2) is 0 Å². The Morgan fingerprint density at radius 2 is 2.00 bits per heavy atom. The van der Waals surface area contributed by atoms with Crippen LogP contribution in [0.25, 0.3) is 10.9 Å². The summed E-state index contributed by atoms with van der Waals surface area (Å²) in [7, 11) is 1.56. The van der Waals surface area contributed by atoms with E-state index in [2.05, 4.69) is 14.6 Å². The Morgan fingerprint density at radius 1 is 1.17 bits per heavy atom. The Hall–Kier alpha value is -3.05. The molecule has 1 unspecified atom stereocenters. The molecule has 6 nitrogen and oxygen atoms in total. The molecule has 0 aliphatic carbocycles. The Balaban J connectivity index is 1.28. The number of piperidine rings is 1. The lowest BCUT2D eigenvalue weighted by Crippen LogP contribution is -2.42. The van der Waals surface area contributed by atoms with Crippen LogP contribution >= 0.6 is 11.8 Å². The van der Waals surface area contributed by atoms with Crippen LogP contribution in [0.4, 0.5) is 17.6 Å². The average molecular weight is 595 g/mol. The van der Waals surface area contributed by atoms with Crippen LogP contribution < -0.4 is 9.47 Å². The molecule has 0 radical (unpaired) electrons. The van der Waals surface area contributed by atoms with Crippen molar-refractivity contribution in [1.29, 1.82) is 0 Å². The molecule has 1 aliphatic rings. The molecule has 3 aromatic rings. The second-order valence-electron chi connectivity index (χ2n) is 10.3. The number of alkyl halides is 4. The third kappa shape index (κ3) is 9.22. The molecule has 222 valence electrons. The molecule has 1 saturated heterocycles. The fourth-order valence-corrected chi connectivity index (χ4v) is 6.38. The molecule has 2 aromatic carbocycles. The summed E-state index contributed by atoms with van der Waals surface area (Å²) in [5.41, 5.74) is 1.26. The number of likely N-dealkylation sites (tertiary alicyclic amines) is 1. The minimum Gasteiger partial charge on any atom is -0.497 e. The number of aromatic nitrogens is 1. The zero-order chi connectivity index (χ0) is 29.4. The highest BCUT2D eigenvalue weighted by Crippen LogP contribution is 2.36. The van der Waals surface area contributed by atoms with E-state index in [0.29, 0.717) is 52.3 Å². The summed E-state index contributed by atoms with van der Waals surface area (Å²) in [5, 5.41) is 10.2. The van der Waals surface area contributed by atoms with Gasteiger partial charge in [0.05, 0.1) is 12.6 Å². The number of pyridine rings is 1.